The quantitative estimate of drug-likeness (QED) is 0.717. The number of hydrogen-bond acceptors (Lipinski definition) is 4. The summed E-state index contributed by atoms with van der Waals surface area (Å²) in [4.78, 5) is 19.1. The van der Waals surface area contributed by atoms with Crippen molar-refractivity contribution in [2.24, 2.45) is 0 Å². The number of nitrogens with zero attached hydrogens (tertiary/aromatic N) is 3. The molecular formula is C21H21N3O2. The van der Waals surface area contributed by atoms with Crippen molar-refractivity contribution in [1.29, 1.82) is 0 Å². The third-order valence-corrected chi connectivity index (χ3v) is 4.77. The van der Waals surface area contributed by atoms with E-state index in [1.807, 2.05) is 54.3 Å². The maximum Gasteiger partial charge on any atom is 0.227 e. The molecule has 4 rings (SSSR count). The number of carbonyl (C=O) groups is 1. The molecule has 3 aromatic rings. The minimum atomic E-state index is 0.0951. The molecule has 0 fully saturated rings. The summed E-state index contributed by atoms with van der Waals surface area (Å²) in [6.45, 7) is 4.11. The summed E-state index contributed by atoms with van der Waals surface area (Å²) in [6, 6.07) is 16.2. The second-order valence-corrected chi connectivity index (χ2v) is 6.83. The van der Waals surface area contributed by atoms with Crippen LogP contribution in [0, 0.1) is 6.92 Å². The van der Waals surface area contributed by atoms with Crippen LogP contribution in [0.4, 0.5) is 5.69 Å². The average molecular weight is 347 g/mol. The Labute approximate surface area is 152 Å². The molecule has 2 heterocycles. The van der Waals surface area contributed by atoms with E-state index in [0.29, 0.717) is 24.6 Å². The number of rotatable bonds is 4. The Morgan fingerprint density at radius 2 is 2.08 bits per heavy atom. The lowest BCUT2D eigenvalue weighted by molar-refractivity contribution is -0.118. The lowest BCUT2D eigenvalue weighted by Gasteiger charge is -2.22. The Kier molecular flexibility index (Phi) is 4.29. The van der Waals surface area contributed by atoms with E-state index >= 15 is 0 Å². The van der Waals surface area contributed by atoms with E-state index < -0.39 is 0 Å². The highest BCUT2D eigenvalue weighted by Crippen LogP contribution is 2.32. The Morgan fingerprint density at radius 1 is 1.23 bits per heavy atom. The highest BCUT2D eigenvalue weighted by Gasteiger charge is 2.30. The zero-order chi connectivity index (χ0) is 18.1. The topological polar surface area (TPSA) is 59.2 Å². The molecule has 132 valence electrons. The van der Waals surface area contributed by atoms with E-state index in [9.17, 15) is 4.79 Å². The lowest BCUT2D eigenvalue weighted by Crippen LogP contribution is -2.35. The molecule has 26 heavy (non-hydrogen) atoms. The molecular weight excluding hydrogens is 326 g/mol. The number of fused-ring (bicyclic) bond motifs is 1. The first-order valence-electron chi connectivity index (χ1n) is 8.91. The summed E-state index contributed by atoms with van der Waals surface area (Å²) in [5, 5.41) is 4.04. The van der Waals surface area contributed by atoms with Crippen LogP contribution in [0.2, 0.25) is 0 Å². The van der Waals surface area contributed by atoms with Gasteiger partial charge in [-0.3, -0.25) is 4.79 Å². The van der Waals surface area contributed by atoms with Gasteiger partial charge < -0.3 is 9.42 Å². The summed E-state index contributed by atoms with van der Waals surface area (Å²) in [7, 11) is 0. The molecule has 0 saturated heterocycles. The summed E-state index contributed by atoms with van der Waals surface area (Å²) >= 11 is 0. The Hall–Kier alpha value is -2.95. The molecule has 1 atom stereocenters. The fraction of sp³-hybridized carbons (Fsp3) is 0.286. The number of benzene rings is 2. The van der Waals surface area contributed by atoms with E-state index in [1.165, 1.54) is 5.56 Å². The Bertz CT molecular complexity index is 948. The molecule has 2 aromatic carbocycles. The molecule has 0 saturated carbocycles. The average Bonchev–Trinajstić information content (AvgIpc) is 3.23. The largest absolute Gasteiger partial charge is 0.339 e. The van der Waals surface area contributed by atoms with Gasteiger partial charge in [-0.2, -0.15) is 4.98 Å². The van der Waals surface area contributed by atoms with Crippen molar-refractivity contribution in [1.82, 2.24) is 10.1 Å². The molecule has 1 aromatic heterocycles. The van der Waals surface area contributed by atoms with E-state index in [1.54, 1.807) is 0 Å². The number of para-hydroxylation sites is 1. The highest BCUT2D eigenvalue weighted by molar-refractivity contribution is 5.96. The molecule has 0 spiro atoms. The number of anilines is 1. The molecule has 1 aliphatic heterocycles. The van der Waals surface area contributed by atoms with Crippen molar-refractivity contribution in [3.05, 3.63) is 65.5 Å². The van der Waals surface area contributed by atoms with Gasteiger partial charge in [-0.25, -0.2) is 0 Å². The van der Waals surface area contributed by atoms with Gasteiger partial charge in [0.05, 0.1) is 0 Å². The van der Waals surface area contributed by atoms with Gasteiger partial charge in [-0.05, 0) is 38.0 Å². The van der Waals surface area contributed by atoms with E-state index in [0.717, 1.165) is 23.2 Å². The first-order valence-corrected chi connectivity index (χ1v) is 8.91. The van der Waals surface area contributed by atoms with Crippen LogP contribution in [0.5, 0.6) is 0 Å². The number of aryl methyl sites for hydroxylation is 2. The minimum Gasteiger partial charge on any atom is -0.339 e. The van der Waals surface area contributed by atoms with Crippen LogP contribution in [-0.2, 0) is 17.6 Å². The molecule has 0 bridgehead atoms. The van der Waals surface area contributed by atoms with Gasteiger partial charge in [0.1, 0.15) is 0 Å². The number of hydrogen-bond donors (Lipinski definition) is 0. The first-order chi connectivity index (χ1) is 12.6. The van der Waals surface area contributed by atoms with Gasteiger partial charge in [0.2, 0.25) is 17.6 Å². The van der Waals surface area contributed by atoms with Gasteiger partial charge in [-0.1, -0.05) is 47.1 Å². The third-order valence-electron chi connectivity index (χ3n) is 4.77. The van der Waals surface area contributed by atoms with Crippen LogP contribution in [-0.4, -0.2) is 22.1 Å². The molecule has 1 aliphatic rings. The zero-order valence-corrected chi connectivity index (χ0v) is 15.0. The van der Waals surface area contributed by atoms with Crippen molar-refractivity contribution in [3.63, 3.8) is 0 Å². The molecule has 5 heteroatoms. The van der Waals surface area contributed by atoms with Crippen molar-refractivity contribution >= 4 is 11.6 Å². The predicted octanol–water partition coefficient (Wildman–Crippen LogP) is 3.96. The van der Waals surface area contributed by atoms with Crippen LogP contribution >= 0.6 is 0 Å². The molecule has 0 N–H and O–H groups in total. The molecule has 1 amide bonds. The zero-order valence-electron chi connectivity index (χ0n) is 15.0. The molecule has 0 radical (unpaired) electrons. The molecule has 5 nitrogen and oxygen atoms in total. The second-order valence-electron chi connectivity index (χ2n) is 6.83. The minimum absolute atomic E-state index is 0.0951. The lowest BCUT2D eigenvalue weighted by atomic mass is 10.1. The predicted molar refractivity (Wildman–Crippen MR) is 99.9 cm³/mol. The van der Waals surface area contributed by atoms with Crippen LogP contribution < -0.4 is 4.90 Å². The Balaban J connectivity index is 1.44. The van der Waals surface area contributed by atoms with Crippen molar-refractivity contribution in [3.8, 4) is 11.4 Å². The maximum absolute atomic E-state index is 12.7. The standard InChI is InChI=1S/C21H21N3O2/c1-14-6-5-8-17(12-14)21-22-19(26-23-21)10-11-20(25)24-15(2)13-16-7-3-4-9-18(16)24/h3-9,12,15H,10-11,13H2,1-2H3/t15-/m0/s1. The highest BCUT2D eigenvalue weighted by atomic mass is 16.5. The van der Waals surface area contributed by atoms with E-state index in [4.69, 9.17) is 4.52 Å². The third kappa shape index (κ3) is 3.12. The molecule has 0 unspecified atom stereocenters. The fourth-order valence-electron chi connectivity index (χ4n) is 3.54. The van der Waals surface area contributed by atoms with E-state index in [2.05, 4.69) is 23.1 Å². The molecule has 0 aliphatic carbocycles. The van der Waals surface area contributed by atoms with Crippen molar-refractivity contribution in [2.45, 2.75) is 39.2 Å². The van der Waals surface area contributed by atoms with Gasteiger partial charge >= 0.3 is 0 Å². The summed E-state index contributed by atoms with van der Waals surface area (Å²) in [6.07, 6.45) is 1.71. The van der Waals surface area contributed by atoms with Crippen molar-refractivity contribution < 1.29 is 9.32 Å². The van der Waals surface area contributed by atoms with Crippen LogP contribution in [0.25, 0.3) is 11.4 Å². The first kappa shape index (κ1) is 16.5. The Morgan fingerprint density at radius 3 is 2.92 bits per heavy atom. The number of carbonyl (C=O) groups excluding carboxylic acids is 1. The van der Waals surface area contributed by atoms with Crippen LogP contribution in [0.1, 0.15) is 30.4 Å². The van der Waals surface area contributed by atoms with Gasteiger partial charge in [0.25, 0.3) is 0 Å². The van der Waals surface area contributed by atoms with Crippen LogP contribution in [0.15, 0.2) is 53.1 Å². The smallest absolute Gasteiger partial charge is 0.227 e. The fourth-order valence-corrected chi connectivity index (χ4v) is 3.54. The van der Waals surface area contributed by atoms with Gasteiger partial charge in [0.15, 0.2) is 0 Å². The number of amides is 1. The summed E-state index contributed by atoms with van der Waals surface area (Å²) in [5.41, 5.74) is 4.32. The van der Waals surface area contributed by atoms with Gasteiger partial charge in [0, 0.05) is 30.1 Å². The van der Waals surface area contributed by atoms with Gasteiger partial charge in [-0.15, -0.1) is 0 Å². The van der Waals surface area contributed by atoms with E-state index in [-0.39, 0.29) is 11.9 Å². The monoisotopic (exact) mass is 347 g/mol. The normalized spacial score (nSPS) is 15.9. The number of aromatic nitrogens is 2. The second kappa shape index (κ2) is 6.75. The SMILES string of the molecule is Cc1cccc(-c2noc(CCC(=O)N3c4ccccc4C[C@@H]3C)n2)c1. The summed E-state index contributed by atoms with van der Waals surface area (Å²) < 4.78 is 5.34. The van der Waals surface area contributed by atoms with Crippen molar-refractivity contribution in [2.75, 3.05) is 4.90 Å². The maximum atomic E-state index is 12.7. The van der Waals surface area contributed by atoms with Crippen LogP contribution in [0.3, 0.4) is 0 Å². The summed E-state index contributed by atoms with van der Waals surface area (Å²) in [5.74, 6) is 1.16.